The zero-order valence-electron chi connectivity index (χ0n) is 20.9. The van der Waals surface area contributed by atoms with E-state index in [-0.39, 0.29) is 32.0 Å². The number of benzene rings is 1. The summed E-state index contributed by atoms with van der Waals surface area (Å²) in [6.45, 7) is 0.987. The first kappa shape index (κ1) is 27.8. The van der Waals surface area contributed by atoms with Crippen LogP contribution in [0.2, 0.25) is 0 Å². The molecule has 2 saturated heterocycles. The third-order valence-corrected chi connectivity index (χ3v) is 6.58. The molecule has 0 spiro atoms. The van der Waals surface area contributed by atoms with Crippen LogP contribution in [-0.4, -0.2) is 89.7 Å². The molecule has 2 aliphatic rings. The van der Waals surface area contributed by atoms with Crippen LogP contribution in [0, 0.1) is 0 Å². The lowest BCUT2D eigenvalue weighted by molar-refractivity contribution is -0.147. The van der Waals surface area contributed by atoms with E-state index in [9.17, 15) is 29.1 Å². The molecular formula is C25H34N4O8. The van der Waals surface area contributed by atoms with Gasteiger partial charge in [0.1, 0.15) is 24.7 Å². The molecule has 0 bridgehead atoms. The normalized spacial score (nSPS) is 19.7. The lowest BCUT2D eigenvalue weighted by Crippen LogP contribution is -2.54. The van der Waals surface area contributed by atoms with Gasteiger partial charge in [0.25, 0.3) is 0 Å². The average molecular weight is 519 g/mol. The molecule has 2 aliphatic heterocycles. The Hall–Kier alpha value is -3.83. The van der Waals surface area contributed by atoms with E-state index < -0.39 is 42.2 Å². The van der Waals surface area contributed by atoms with E-state index in [0.29, 0.717) is 38.6 Å². The van der Waals surface area contributed by atoms with Gasteiger partial charge in [-0.2, -0.15) is 0 Å². The summed E-state index contributed by atoms with van der Waals surface area (Å²) in [6.07, 6.45) is 0.843. The standard InChI is InChI=1S/C25H34N4O8/c1-36-23(32)18(10-5-13-26-24(33)37-16-17-8-3-2-4-9-17)27-21(30)19-11-6-14-28(19)22(31)20-12-7-15-29(20)25(34)35/h2-4,8-9,18-20H,5-7,10-16H2,1H3,(H,26,33)(H,27,30)(H,34,35)/t18-,19-,20?/m0/s1. The number of esters is 1. The molecule has 1 unspecified atom stereocenters. The van der Waals surface area contributed by atoms with Gasteiger partial charge in [-0.25, -0.2) is 14.4 Å². The zero-order chi connectivity index (χ0) is 26.8. The number of alkyl carbamates (subject to hydrolysis) is 1. The highest BCUT2D eigenvalue weighted by molar-refractivity contribution is 5.93. The molecule has 12 heteroatoms. The van der Waals surface area contributed by atoms with Crippen molar-refractivity contribution in [1.29, 1.82) is 0 Å². The minimum absolute atomic E-state index is 0.134. The molecule has 0 aromatic heterocycles. The lowest BCUT2D eigenvalue weighted by atomic mass is 10.1. The lowest BCUT2D eigenvalue weighted by Gasteiger charge is -2.30. The largest absolute Gasteiger partial charge is 0.467 e. The molecule has 4 amide bonds. The molecule has 3 rings (SSSR count). The van der Waals surface area contributed by atoms with Crippen molar-refractivity contribution in [3.05, 3.63) is 35.9 Å². The fraction of sp³-hybridized carbons (Fsp3) is 0.560. The smallest absolute Gasteiger partial charge is 0.407 e. The maximum atomic E-state index is 13.1. The predicted molar refractivity (Wildman–Crippen MR) is 130 cm³/mol. The molecule has 2 fully saturated rings. The van der Waals surface area contributed by atoms with E-state index >= 15 is 0 Å². The molecule has 0 saturated carbocycles. The SMILES string of the molecule is COC(=O)[C@H](CCCNC(=O)OCc1ccccc1)NC(=O)[C@@H]1CCCN1C(=O)C1CCCN1C(=O)O. The molecule has 37 heavy (non-hydrogen) atoms. The van der Waals surface area contributed by atoms with Crippen LogP contribution in [-0.2, 0) is 30.5 Å². The topological polar surface area (TPSA) is 155 Å². The number of hydrogen-bond acceptors (Lipinski definition) is 7. The molecule has 0 radical (unpaired) electrons. The second-order valence-electron chi connectivity index (χ2n) is 9.04. The number of carbonyl (C=O) groups excluding carboxylic acids is 4. The van der Waals surface area contributed by atoms with E-state index in [4.69, 9.17) is 9.47 Å². The highest BCUT2D eigenvalue weighted by Crippen LogP contribution is 2.25. The summed E-state index contributed by atoms with van der Waals surface area (Å²) in [5.41, 5.74) is 0.856. The van der Waals surface area contributed by atoms with Crippen LogP contribution in [0.3, 0.4) is 0 Å². The summed E-state index contributed by atoms with van der Waals surface area (Å²) in [6, 6.07) is 6.69. The van der Waals surface area contributed by atoms with Crippen molar-refractivity contribution >= 4 is 30.0 Å². The number of carbonyl (C=O) groups is 5. The van der Waals surface area contributed by atoms with Gasteiger partial charge in [-0.3, -0.25) is 14.5 Å². The number of rotatable bonds is 10. The number of likely N-dealkylation sites (tertiary alicyclic amines) is 2. The van der Waals surface area contributed by atoms with E-state index in [2.05, 4.69) is 10.6 Å². The number of methoxy groups -OCH3 is 1. The van der Waals surface area contributed by atoms with Crippen LogP contribution < -0.4 is 10.6 Å². The quantitative estimate of drug-likeness (QED) is 0.311. The first-order valence-electron chi connectivity index (χ1n) is 12.4. The van der Waals surface area contributed by atoms with Crippen LogP contribution in [0.4, 0.5) is 9.59 Å². The Morgan fingerprint density at radius 3 is 2.38 bits per heavy atom. The maximum Gasteiger partial charge on any atom is 0.407 e. The van der Waals surface area contributed by atoms with Gasteiger partial charge in [-0.15, -0.1) is 0 Å². The Balaban J connectivity index is 1.48. The summed E-state index contributed by atoms with van der Waals surface area (Å²) < 4.78 is 9.96. The molecule has 3 atom stereocenters. The molecule has 202 valence electrons. The Kier molecular flexibility index (Phi) is 10.1. The third kappa shape index (κ3) is 7.58. The highest BCUT2D eigenvalue weighted by Gasteiger charge is 2.42. The monoisotopic (exact) mass is 518 g/mol. The fourth-order valence-electron chi connectivity index (χ4n) is 4.68. The Bertz CT molecular complexity index is 973. The Morgan fingerprint density at radius 2 is 1.70 bits per heavy atom. The van der Waals surface area contributed by atoms with Crippen LogP contribution in [0.1, 0.15) is 44.1 Å². The van der Waals surface area contributed by atoms with Crippen molar-refractivity contribution < 1.29 is 38.6 Å². The van der Waals surface area contributed by atoms with Gasteiger partial charge in [-0.05, 0) is 44.1 Å². The predicted octanol–water partition coefficient (Wildman–Crippen LogP) is 1.48. The van der Waals surface area contributed by atoms with Gasteiger partial charge in [0.2, 0.25) is 11.8 Å². The van der Waals surface area contributed by atoms with E-state index in [1.807, 2.05) is 30.3 Å². The first-order chi connectivity index (χ1) is 17.8. The Labute approximate surface area is 215 Å². The average Bonchev–Trinajstić information content (AvgIpc) is 3.59. The second-order valence-corrected chi connectivity index (χ2v) is 9.04. The van der Waals surface area contributed by atoms with Crippen LogP contribution in [0.5, 0.6) is 0 Å². The summed E-state index contributed by atoms with van der Waals surface area (Å²) in [5.74, 6) is -1.51. The molecule has 0 aliphatic carbocycles. The summed E-state index contributed by atoms with van der Waals surface area (Å²) >= 11 is 0. The number of ether oxygens (including phenoxy) is 2. The van der Waals surface area contributed by atoms with Crippen molar-refractivity contribution in [2.45, 2.75) is 63.3 Å². The van der Waals surface area contributed by atoms with Crippen molar-refractivity contribution in [3.63, 3.8) is 0 Å². The van der Waals surface area contributed by atoms with Crippen LogP contribution in [0.25, 0.3) is 0 Å². The fourth-order valence-corrected chi connectivity index (χ4v) is 4.68. The van der Waals surface area contributed by atoms with Crippen molar-refractivity contribution in [1.82, 2.24) is 20.4 Å². The highest BCUT2D eigenvalue weighted by atomic mass is 16.5. The van der Waals surface area contributed by atoms with Gasteiger partial charge >= 0.3 is 18.2 Å². The van der Waals surface area contributed by atoms with Gasteiger partial charge in [0.05, 0.1) is 7.11 Å². The van der Waals surface area contributed by atoms with E-state index in [1.54, 1.807) is 0 Å². The molecule has 1 aromatic carbocycles. The van der Waals surface area contributed by atoms with Crippen LogP contribution in [0.15, 0.2) is 30.3 Å². The minimum atomic E-state index is -1.15. The molecule has 2 heterocycles. The van der Waals surface area contributed by atoms with Gasteiger partial charge in [0, 0.05) is 19.6 Å². The minimum Gasteiger partial charge on any atom is -0.467 e. The second kappa shape index (κ2) is 13.5. The summed E-state index contributed by atoms with van der Waals surface area (Å²) in [7, 11) is 1.21. The first-order valence-corrected chi connectivity index (χ1v) is 12.4. The molecule has 1 aromatic rings. The van der Waals surface area contributed by atoms with E-state index in [1.165, 1.54) is 12.0 Å². The van der Waals surface area contributed by atoms with Gasteiger partial charge in [0.15, 0.2) is 0 Å². The van der Waals surface area contributed by atoms with Gasteiger partial charge in [-0.1, -0.05) is 30.3 Å². The molecule has 12 nitrogen and oxygen atoms in total. The summed E-state index contributed by atoms with van der Waals surface area (Å²) in [5, 5.41) is 14.6. The Morgan fingerprint density at radius 1 is 1.03 bits per heavy atom. The van der Waals surface area contributed by atoms with Gasteiger partial charge < -0.3 is 30.1 Å². The molecule has 3 N–H and O–H groups in total. The number of carboxylic acid groups (broad SMARTS) is 1. The third-order valence-electron chi connectivity index (χ3n) is 6.58. The number of nitrogens with one attached hydrogen (secondary N) is 2. The van der Waals surface area contributed by atoms with Crippen molar-refractivity contribution in [3.8, 4) is 0 Å². The maximum absolute atomic E-state index is 13.1. The van der Waals surface area contributed by atoms with E-state index in [0.717, 1.165) is 10.5 Å². The zero-order valence-corrected chi connectivity index (χ0v) is 20.9. The number of amides is 4. The van der Waals surface area contributed by atoms with Crippen LogP contribution >= 0.6 is 0 Å². The number of nitrogens with zero attached hydrogens (tertiary/aromatic N) is 2. The van der Waals surface area contributed by atoms with Crippen molar-refractivity contribution in [2.75, 3.05) is 26.7 Å². The van der Waals surface area contributed by atoms with Crippen molar-refractivity contribution in [2.24, 2.45) is 0 Å². The molecular weight excluding hydrogens is 484 g/mol. The number of hydrogen-bond donors (Lipinski definition) is 3. The summed E-state index contributed by atoms with van der Waals surface area (Å²) in [4.78, 5) is 64.3.